The van der Waals surface area contributed by atoms with E-state index in [2.05, 4.69) is 11.8 Å². The third-order valence-corrected chi connectivity index (χ3v) is 5.14. The molecule has 1 amide bonds. The van der Waals surface area contributed by atoms with Crippen molar-refractivity contribution in [1.82, 2.24) is 4.90 Å². The van der Waals surface area contributed by atoms with Crippen LogP contribution in [0.2, 0.25) is 0 Å². The predicted octanol–water partition coefficient (Wildman–Crippen LogP) is 2.93. The highest BCUT2D eigenvalue weighted by molar-refractivity contribution is 5.76. The van der Waals surface area contributed by atoms with Gasteiger partial charge >= 0.3 is 0 Å². The third-order valence-electron chi connectivity index (χ3n) is 5.14. The van der Waals surface area contributed by atoms with Crippen LogP contribution in [0.3, 0.4) is 0 Å². The Hall–Kier alpha value is -0.570. The molecule has 0 aromatic rings. The molecular formula is C16H30N2O. The number of carbonyl (C=O) groups is 1. The molecule has 3 heteroatoms. The van der Waals surface area contributed by atoms with Gasteiger partial charge in [-0.05, 0) is 63.8 Å². The van der Waals surface area contributed by atoms with Crippen molar-refractivity contribution >= 4 is 5.91 Å². The first-order valence-corrected chi connectivity index (χ1v) is 8.20. The Bertz CT molecular complexity index is 284. The molecule has 110 valence electrons. The lowest BCUT2D eigenvalue weighted by molar-refractivity contribution is -0.134. The van der Waals surface area contributed by atoms with Gasteiger partial charge in [0.05, 0.1) is 0 Å². The highest BCUT2D eigenvalue weighted by Gasteiger charge is 2.27. The van der Waals surface area contributed by atoms with Crippen LogP contribution in [0.15, 0.2) is 0 Å². The summed E-state index contributed by atoms with van der Waals surface area (Å²) in [5.74, 6) is 1.74. The zero-order valence-electron chi connectivity index (χ0n) is 12.4. The summed E-state index contributed by atoms with van der Waals surface area (Å²) < 4.78 is 0. The van der Waals surface area contributed by atoms with Crippen molar-refractivity contribution in [3.8, 4) is 0 Å². The van der Waals surface area contributed by atoms with E-state index in [0.29, 0.717) is 23.8 Å². The van der Waals surface area contributed by atoms with E-state index in [4.69, 9.17) is 5.73 Å². The Morgan fingerprint density at radius 2 is 1.74 bits per heavy atom. The minimum atomic E-state index is 0.408. The molecule has 2 N–H and O–H groups in total. The monoisotopic (exact) mass is 266 g/mol. The molecule has 1 saturated heterocycles. The summed E-state index contributed by atoms with van der Waals surface area (Å²) in [4.78, 5) is 14.6. The number of likely N-dealkylation sites (tertiary alicyclic amines) is 1. The van der Waals surface area contributed by atoms with Crippen molar-refractivity contribution in [3.05, 3.63) is 0 Å². The summed E-state index contributed by atoms with van der Waals surface area (Å²) in [6.07, 6.45) is 10.6. The Labute approximate surface area is 117 Å². The van der Waals surface area contributed by atoms with Crippen LogP contribution < -0.4 is 5.73 Å². The van der Waals surface area contributed by atoms with Gasteiger partial charge < -0.3 is 10.6 Å². The normalized spacial score (nSPS) is 32.9. The zero-order valence-corrected chi connectivity index (χ0v) is 12.4. The van der Waals surface area contributed by atoms with Crippen LogP contribution in [-0.4, -0.2) is 29.9 Å². The second-order valence-electron chi connectivity index (χ2n) is 6.61. The average Bonchev–Trinajstić information content (AvgIpc) is 2.64. The van der Waals surface area contributed by atoms with Gasteiger partial charge in [0.2, 0.25) is 5.91 Å². The van der Waals surface area contributed by atoms with Crippen molar-refractivity contribution in [2.45, 2.75) is 70.8 Å². The summed E-state index contributed by atoms with van der Waals surface area (Å²) in [7, 11) is 0. The molecule has 19 heavy (non-hydrogen) atoms. The largest absolute Gasteiger partial charge is 0.340 e. The van der Waals surface area contributed by atoms with E-state index >= 15 is 0 Å². The van der Waals surface area contributed by atoms with Crippen molar-refractivity contribution in [3.63, 3.8) is 0 Å². The summed E-state index contributed by atoms with van der Waals surface area (Å²) in [6, 6.07) is 0.454. The van der Waals surface area contributed by atoms with E-state index in [1.54, 1.807) is 0 Å². The summed E-state index contributed by atoms with van der Waals surface area (Å²) in [5, 5.41) is 0. The number of amides is 1. The summed E-state index contributed by atoms with van der Waals surface area (Å²) >= 11 is 0. The molecule has 0 aromatic carbocycles. The number of rotatable bonds is 3. The highest BCUT2D eigenvalue weighted by Crippen LogP contribution is 2.31. The number of nitrogens with two attached hydrogens (primary N) is 1. The Morgan fingerprint density at radius 3 is 2.42 bits per heavy atom. The van der Waals surface area contributed by atoms with E-state index < -0.39 is 0 Å². The van der Waals surface area contributed by atoms with Crippen LogP contribution in [0.5, 0.6) is 0 Å². The Morgan fingerprint density at radius 1 is 1.05 bits per heavy atom. The fraction of sp³-hybridized carbons (Fsp3) is 0.938. The Balaban J connectivity index is 1.80. The topological polar surface area (TPSA) is 46.3 Å². The molecule has 1 aliphatic heterocycles. The number of hydrogen-bond donors (Lipinski definition) is 1. The number of carbonyl (C=O) groups excluding carboxylic acids is 1. The summed E-state index contributed by atoms with van der Waals surface area (Å²) in [5.41, 5.74) is 5.73. The van der Waals surface area contributed by atoms with Gasteiger partial charge in [-0.15, -0.1) is 0 Å². The molecule has 0 aromatic heterocycles. The Kier molecular flexibility index (Phi) is 5.68. The van der Waals surface area contributed by atoms with E-state index in [9.17, 15) is 4.79 Å². The second-order valence-corrected chi connectivity index (χ2v) is 6.61. The molecule has 1 unspecified atom stereocenters. The first-order valence-electron chi connectivity index (χ1n) is 8.20. The van der Waals surface area contributed by atoms with E-state index in [1.165, 1.54) is 51.4 Å². The van der Waals surface area contributed by atoms with Crippen LogP contribution in [0.25, 0.3) is 0 Å². The van der Waals surface area contributed by atoms with Gasteiger partial charge in [-0.3, -0.25) is 4.79 Å². The van der Waals surface area contributed by atoms with Crippen LogP contribution in [0.4, 0.5) is 0 Å². The lowest BCUT2D eigenvalue weighted by atomic mass is 9.80. The molecule has 0 spiro atoms. The molecule has 1 saturated carbocycles. The molecule has 0 radical (unpaired) electrons. The van der Waals surface area contributed by atoms with E-state index in [0.717, 1.165) is 19.5 Å². The van der Waals surface area contributed by atoms with Crippen LogP contribution in [-0.2, 0) is 4.79 Å². The minimum Gasteiger partial charge on any atom is -0.340 e. The average molecular weight is 266 g/mol. The first kappa shape index (κ1) is 14.8. The lowest BCUT2D eigenvalue weighted by Crippen LogP contribution is -2.39. The fourth-order valence-electron chi connectivity index (χ4n) is 3.68. The quantitative estimate of drug-likeness (QED) is 0.853. The van der Waals surface area contributed by atoms with Gasteiger partial charge in [0.15, 0.2) is 0 Å². The minimum absolute atomic E-state index is 0.408. The molecule has 1 atom stereocenters. The maximum absolute atomic E-state index is 12.5. The van der Waals surface area contributed by atoms with Crippen molar-refractivity contribution < 1.29 is 4.79 Å². The molecule has 0 bridgehead atoms. The van der Waals surface area contributed by atoms with E-state index in [-0.39, 0.29) is 0 Å². The predicted molar refractivity (Wildman–Crippen MR) is 78.8 cm³/mol. The van der Waals surface area contributed by atoms with Crippen molar-refractivity contribution in [2.75, 3.05) is 13.1 Å². The van der Waals surface area contributed by atoms with Crippen LogP contribution >= 0.6 is 0 Å². The van der Waals surface area contributed by atoms with Crippen molar-refractivity contribution in [2.24, 2.45) is 17.6 Å². The van der Waals surface area contributed by atoms with Gasteiger partial charge in [0.25, 0.3) is 0 Å². The third kappa shape index (κ3) is 4.20. The standard InChI is InChI=1S/C16H30N2O/c1-13-5-3-2-4-10-18(13)16(19)11-14-6-8-15(12-17)9-7-14/h13-15H,2-12,17H2,1H3. The maximum Gasteiger partial charge on any atom is 0.223 e. The van der Waals surface area contributed by atoms with Crippen molar-refractivity contribution in [1.29, 1.82) is 0 Å². The van der Waals surface area contributed by atoms with E-state index in [1.807, 2.05) is 0 Å². The second kappa shape index (κ2) is 7.28. The van der Waals surface area contributed by atoms with Crippen LogP contribution in [0, 0.1) is 11.8 Å². The van der Waals surface area contributed by atoms with Gasteiger partial charge in [-0.1, -0.05) is 12.8 Å². The number of hydrogen-bond acceptors (Lipinski definition) is 2. The summed E-state index contributed by atoms with van der Waals surface area (Å²) in [6.45, 7) is 4.02. The smallest absolute Gasteiger partial charge is 0.223 e. The molecule has 2 rings (SSSR count). The van der Waals surface area contributed by atoms with Gasteiger partial charge in [0.1, 0.15) is 0 Å². The lowest BCUT2D eigenvalue weighted by Gasteiger charge is -2.31. The molecule has 1 aliphatic carbocycles. The molecule has 3 nitrogen and oxygen atoms in total. The van der Waals surface area contributed by atoms with Gasteiger partial charge in [-0.2, -0.15) is 0 Å². The highest BCUT2D eigenvalue weighted by atomic mass is 16.2. The SMILES string of the molecule is CC1CCCCCN1C(=O)CC1CCC(CN)CC1. The zero-order chi connectivity index (χ0) is 13.7. The molecule has 1 heterocycles. The van der Waals surface area contributed by atoms with Crippen LogP contribution in [0.1, 0.15) is 64.7 Å². The molecule has 2 aliphatic rings. The first-order chi connectivity index (χ1) is 9.20. The molecule has 2 fully saturated rings. The van der Waals surface area contributed by atoms with Gasteiger partial charge in [-0.25, -0.2) is 0 Å². The fourth-order valence-corrected chi connectivity index (χ4v) is 3.68. The molecular weight excluding hydrogens is 236 g/mol. The van der Waals surface area contributed by atoms with Gasteiger partial charge in [0, 0.05) is 19.0 Å². The maximum atomic E-state index is 12.5. The number of nitrogens with zero attached hydrogens (tertiary/aromatic N) is 1.